The maximum atomic E-state index is 2.31. The maximum absolute atomic E-state index is 2.31. The van der Waals surface area contributed by atoms with Crippen molar-refractivity contribution in [2.24, 2.45) is 69.5 Å². The van der Waals surface area contributed by atoms with E-state index in [1.807, 2.05) is 0 Å². The lowest BCUT2D eigenvalue weighted by molar-refractivity contribution is 0.283. The van der Waals surface area contributed by atoms with Crippen LogP contribution in [0.4, 0.5) is 0 Å². The highest BCUT2D eigenvalue weighted by molar-refractivity contribution is 4.64. The van der Waals surface area contributed by atoms with Crippen molar-refractivity contribution in [1.82, 2.24) is 0 Å². The van der Waals surface area contributed by atoms with Gasteiger partial charge in [0.1, 0.15) is 0 Å². The molecule has 0 aromatic heterocycles. The minimum absolute atomic E-state index is 0.500. The zero-order valence-corrected chi connectivity index (χ0v) is 58.0. The Morgan fingerprint density at radius 3 is 0.614 bits per heavy atom. The molecule has 0 aliphatic heterocycles. The number of unbranched alkanes of at least 4 members (excludes halogenated alkanes) is 6. The molecule has 70 heavy (non-hydrogen) atoms. The normalized spacial score (nSPS) is 12.1. The van der Waals surface area contributed by atoms with Crippen molar-refractivity contribution in [3.63, 3.8) is 0 Å². The van der Waals surface area contributed by atoms with Gasteiger partial charge in [0.15, 0.2) is 0 Å². The summed E-state index contributed by atoms with van der Waals surface area (Å²) < 4.78 is 0. The Labute approximate surface area is 457 Å². The molecule has 0 aliphatic carbocycles. The SMILES string of the molecule is CC(C)C(C)(C)C.CC(C)CC(C)C.CCCC(C)(C)C.CCCC(C)(C)C.CCCC(C)CC.CCCCC(C)C.CCCCC(C)C.CCCCCCC.CCC[C@H](C)CC.CC[C@H](C)C(C)C. The molecular formula is C70H160. The lowest BCUT2D eigenvalue weighted by Gasteiger charge is -2.22. The van der Waals surface area contributed by atoms with Gasteiger partial charge in [-0.25, -0.2) is 0 Å². The predicted molar refractivity (Wildman–Crippen MR) is 343 cm³/mol. The average Bonchev–Trinajstić information content (AvgIpc) is 3.22. The summed E-state index contributed by atoms with van der Waals surface area (Å²) in [4.78, 5) is 0. The highest BCUT2D eigenvalue weighted by Gasteiger charge is 2.13. The van der Waals surface area contributed by atoms with Crippen LogP contribution in [0.2, 0.25) is 0 Å². The van der Waals surface area contributed by atoms with Gasteiger partial charge in [0.05, 0.1) is 0 Å². The number of hydrogen-bond donors (Lipinski definition) is 0. The molecule has 0 bridgehead atoms. The summed E-state index contributed by atoms with van der Waals surface area (Å²) in [5.74, 6) is 8.02. The Hall–Kier alpha value is 0. The molecule has 0 amide bonds. The molecule has 0 spiro atoms. The van der Waals surface area contributed by atoms with E-state index in [0.29, 0.717) is 16.2 Å². The first-order chi connectivity index (χ1) is 31.9. The second-order valence-electron chi connectivity index (χ2n) is 27.5. The highest BCUT2D eigenvalue weighted by atomic mass is 14.2. The molecule has 0 heteroatoms. The van der Waals surface area contributed by atoms with Crippen LogP contribution in [-0.2, 0) is 0 Å². The largest absolute Gasteiger partial charge is 0.0654 e. The monoisotopic (exact) mass is 1000 g/mol. The Kier molecular flexibility index (Phi) is 91.3. The topological polar surface area (TPSA) is 0 Å². The Morgan fingerprint density at radius 1 is 0.286 bits per heavy atom. The van der Waals surface area contributed by atoms with Gasteiger partial charge in [0, 0.05) is 0 Å². The van der Waals surface area contributed by atoms with E-state index in [1.54, 1.807) is 0 Å². The lowest BCUT2D eigenvalue weighted by Crippen LogP contribution is -2.12. The lowest BCUT2D eigenvalue weighted by atomic mass is 9.84. The fourth-order valence-corrected chi connectivity index (χ4v) is 6.21. The van der Waals surface area contributed by atoms with Gasteiger partial charge in [-0.1, -0.05) is 371 Å². The van der Waals surface area contributed by atoms with E-state index in [1.165, 1.54) is 148 Å². The molecule has 0 aromatic carbocycles. The van der Waals surface area contributed by atoms with Crippen molar-refractivity contribution in [2.45, 2.75) is 390 Å². The summed E-state index contributed by atoms with van der Waals surface area (Å²) in [5, 5.41) is 0. The van der Waals surface area contributed by atoms with Crippen molar-refractivity contribution in [3.05, 3.63) is 0 Å². The van der Waals surface area contributed by atoms with Crippen LogP contribution < -0.4 is 0 Å². The first kappa shape index (κ1) is 92.6. The Balaban J connectivity index is -0.0000000714. The van der Waals surface area contributed by atoms with Crippen LogP contribution in [0.5, 0.6) is 0 Å². The molecule has 0 saturated carbocycles. The quantitative estimate of drug-likeness (QED) is 0.0948. The molecule has 3 atom stereocenters. The zero-order valence-electron chi connectivity index (χ0n) is 58.0. The molecule has 1 unspecified atom stereocenters. The van der Waals surface area contributed by atoms with Crippen molar-refractivity contribution in [2.75, 3.05) is 0 Å². The van der Waals surface area contributed by atoms with Crippen LogP contribution in [0.25, 0.3) is 0 Å². The van der Waals surface area contributed by atoms with E-state index in [-0.39, 0.29) is 0 Å². The summed E-state index contributed by atoms with van der Waals surface area (Å²) in [5.41, 5.74) is 1.60. The molecule has 0 aliphatic rings. The minimum atomic E-state index is 0.500. The van der Waals surface area contributed by atoms with Gasteiger partial charge < -0.3 is 0 Å². The molecule has 0 rings (SSSR count). The second-order valence-corrected chi connectivity index (χ2v) is 27.5. The van der Waals surface area contributed by atoms with E-state index in [2.05, 4.69) is 242 Å². The van der Waals surface area contributed by atoms with E-state index < -0.39 is 0 Å². The van der Waals surface area contributed by atoms with Crippen LogP contribution in [-0.4, -0.2) is 0 Å². The molecule has 0 fully saturated rings. The molecule has 0 saturated heterocycles. The fraction of sp³-hybridized carbons (Fsp3) is 1.00. The fourth-order valence-electron chi connectivity index (χ4n) is 6.21. The smallest absolute Gasteiger partial charge is 0.0360 e. The number of hydrogen-bond acceptors (Lipinski definition) is 0. The third kappa shape index (κ3) is 144. The summed E-state index contributed by atoms with van der Waals surface area (Å²) in [6, 6.07) is 0. The van der Waals surface area contributed by atoms with Gasteiger partial charge in [-0.2, -0.15) is 0 Å². The standard InChI is InChI=1S/10C7H16/c1-6(2)7(3,4)5;1-6(2)5-7(3)4;2*1-5-6-7(2,3)4;1-5-7(4)6(2)3;2*1-4-5-6-7(2)3;2*1-4-6-7(3)5-2;1-3-5-7-6-4-2/h6H,1-5H3;6-7H,5H2,1-4H3;2*5-6H2,1-4H3;6-7H,5H2,1-4H3;4*7H,4-6H2,1-3H3;3-7H2,1-2H3/t;;;;7-;;;7-;;/m....0..1../s1. The van der Waals surface area contributed by atoms with E-state index in [9.17, 15) is 0 Å². The zero-order chi connectivity index (χ0) is 58.0. The molecule has 0 aromatic rings. The van der Waals surface area contributed by atoms with Gasteiger partial charge in [0.25, 0.3) is 0 Å². The summed E-state index contributed by atoms with van der Waals surface area (Å²) in [7, 11) is 0. The van der Waals surface area contributed by atoms with Gasteiger partial charge in [-0.05, 0) is 88.8 Å². The van der Waals surface area contributed by atoms with Crippen LogP contribution >= 0.6 is 0 Å². The second kappa shape index (κ2) is 69.0. The van der Waals surface area contributed by atoms with Crippen molar-refractivity contribution in [3.8, 4) is 0 Å². The van der Waals surface area contributed by atoms with Gasteiger partial charge in [-0.3, -0.25) is 0 Å². The average molecular weight is 1000 g/mol. The van der Waals surface area contributed by atoms with Gasteiger partial charge in [-0.15, -0.1) is 0 Å². The van der Waals surface area contributed by atoms with Crippen LogP contribution in [0, 0.1) is 69.5 Å². The first-order valence-electron chi connectivity index (χ1n) is 31.9. The van der Waals surface area contributed by atoms with Crippen molar-refractivity contribution in [1.29, 1.82) is 0 Å². The molecule has 0 nitrogen and oxygen atoms in total. The molecule has 440 valence electrons. The van der Waals surface area contributed by atoms with Gasteiger partial charge in [0.2, 0.25) is 0 Å². The molecule has 0 N–H and O–H groups in total. The summed E-state index contributed by atoms with van der Waals surface area (Å²) >= 11 is 0. The Bertz CT molecular complexity index is 737. The third-order valence-corrected chi connectivity index (χ3v) is 12.9. The molecular weight excluding hydrogens is 841 g/mol. The Morgan fingerprint density at radius 2 is 0.557 bits per heavy atom. The van der Waals surface area contributed by atoms with Crippen LogP contribution in [0.1, 0.15) is 390 Å². The third-order valence-electron chi connectivity index (χ3n) is 12.9. The van der Waals surface area contributed by atoms with Crippen molar-refractivity contribution < 1.29 is 0 Å². The van der Waals surface area contributed by atoms with E-state index >= 15 is 0 Å². The minimum Gasteiger partial charge on any atom is -0.0654 e. The summed E-state index contributed by atoms with van der Waals surface area (Å²) in [6.07, 6.45) is 31.4. The predicted octanol–water partition coefficient (Wildman–Crippen LogP) is 28.0. The van der Waals surface area contributed by atoms with E-state index in [0.717, 1.165) is 53.3 Å². The van der Waals surface area contributed by atoms with E-state index in [4.69, 9.17) is 0 Å². The molecule has 0 heterocycles. The van der Waals surface area contributed by atoms with Gasteiger partial charge >= 0.3 is 0 Å². The van der Waals surface area contributed by atoms with Crippen LogP contribution in [0.15, 0.2) is 0 Å². The summed E-state index contributed by atoms with van der Waals surface area (Å²) in [6.45, 7) is 79.2. The van der Waals surface area contributed by atoms with Crippen molar-refractivity contribution >= 4 is 0 Å². The van der Waals surface area contributed by atoms with Crippen LogP contribution in [0.3, 0.4) is 0 Å². The highest BCUT2D eigenvalue weighted by Crippen LogP contribution is 2.24. The first-order valence-corrected chi connectivity index (χ1v) is 31.9. The maximum Gasteiger partial charge on any atom is -0.0360 e. The molecule has 0 radical (unpaired) electrons. The number of rotatable bonds is 22.